The van der Waals surface area contributed by atoms with E-state index in [9.17, 15) is 4.79 Å². The lowest BCUT2D eigenvalue weighted by molar-refractivity contribution is -0.434. The van der Waals surface area contributed by atoms with Crippen LogP contribution in [0, 0.1) is 0 Å². The predicted molar refractivity (Wildman–Crippen MR) is 65.7 cm³/mol. The van der Waals surface area contributed by atoms with Gasteiger partial charge in [-0.25, -0.2) is 4.99 Å². The molecular weight excluding hydrogens is 360 g/mol. The summed E-state index contributed by atoms with van der Waals surface area (Å²) in [5.41, 5.74) is 6.21. The van der Waals surface area contributed by atoms with E-state index in [4.69, 9.17) is 44.2 Å². The molecule has 0 atom stereocenters. The van der Waals surface area contributed by atoms with Gasteiger partial charge in [0.15, 0.2) is 11.5 Å². The normalized spacial score (nSPS) is 13.3. The van der Waals surface area contributed by atoms with E-state index in [0.29, 0.717) is 18.1 Å². The molecule has 0 saturated heterocycles. The quantitative estimate of drug-likeness (QED) is 0.361. The lowest BCUT2D eigenvalue weighted by atomic mass is 10.3. The fourth-order valence-electron chi connectivity index (χ4n) is 1.15. The minimum Gasteiger partial charge on any atom is -0.822 e. The van der Waals surface area contributed by atoms with Crippen molar-refractivity contribution in [2.45, 2.75) is 6.92 Å². The summed E-state index contributed by atoms with van der Waals surface area (Å²) in [6.45, 7) is 2.44. The van der Waals surface area contributed by atoms with Gasteiger partial charge in [0.2, 0.25) is 5.95 Å². The highest BCUT2D eigenvalue weighted by molar-refractivity contribution is 7.40. The summed E-state index contributed by atoms with van der Waals surface area (Å²) in [5.74, 6) is 0.554. The van der Waals surface area contributed by atoms with Crippen LogP contribution in [0.5, 0.6) is 0 Å². The van der Waals surface area contributed by atoms with Gasteiger partial charge in [0, 0.05) is 5.71 Å². The molecule has 0 spiro atoms. The van der Waals surface area contributed by atoms with E-state index in [1.54, 1.807) is 0 Å². The van der Waals surface area contributed by atoms with Crippen LogP contribution in [-0.2, 0) is 9.13 Å². The van der Waals surface area contributed by atoms with Gasteiger partial charge in [-0.1, -0.05) is 0 Å². The summed E-state index contributed by atoms with van der Waals surface area (Å²) in [6, 6.07) is 0. The SMILES string of the molecule is CC1=Nc2c(nc(N)[nH]c2=O)NC1.O=P([O-])([O-])[O-].O=P([O-])([O-])[O-]. The Hall–Kier alpha value is -1.63. The monoisotopic (exact) mass is 369 g/mol. The van der Waals surface area contributed by atoms with E-state index in [2.05, 4.69) is 20.3 Å². The third kappa shape index (κ3) is 12.6. The van der Waals surface area contributed by atoms with E-state index in [1.807, 2.05) is 6.92 Å². The molecule has 0 amide bonds. The number of aliphatic imine (C=N–C) groups is 1. The van der Waals surface area contributed by atoms with Crippen molar-refractivity contribution in [3.05, 3.63) is 10.4 Å². The lowest BCUT2D eigenvalue weighted by Gasteiger charge is -2.36. The molecule has 14 nitrogen and oxygen atoms in total. The number of nitrogens with two attached hydrogens (primary N) is 1. The molecular formula is C7H9N5O9P2-6. The third-order valence-corrected chi connectivity index (χ3v) is 1.73. The van der Waals surface area contributed by atoms with Crippen LogP contribution < -0.4 is 46.0 Å². The van der Waals surface area contributed by atoms with E-state index >= 15 is 0 Å². The fraction of sp³-hybridized carbons (Fsp3) is 0.286. The van der Waals surface area contributed by atoms with Crippen molar-refractivity contribution in [2.24, 2.45) is 4.99 Å². The van der Waals surface area contributed by atoms with Crippen molar-refractivity contribution in [3.63, 3.8) is 0 Å². The molecule has 0 bridgehead atoms. The second kappa shape index (κ2) is 8.29. The van der Waals surface area contributed by atoms with Gasteiger partial charge in [0.25, 0.3) is 5.56 Å². The van der Waals surface area contributed by atoms with Gasteiger partial charge >= 0.3 is 0 Å². The number of H-pyrrole nitrogens is 1. The minimum absolute atomic E-state index is 0.103. The Morgan fingerprint density at radius 3 is 1.96 bits per heavy atom. The number of nitrogen functional groups attached to an aromatic ring is 1. The number of nitrogens with one attached hydrogen (secondary N) is 2. The molecule has 1 aliphatic heterocycles. The number of nitrogens with zero attached hydrogens (tertiary/aromatic N) is 2. The van der Waals surface area contributed by atoms with Crippen LogP contribution in [0.1, 0.15) is 6.92 Å². The Labute approximate surface area is 128 Å². The number of hydrogen-bond donors (Lipinski definition) is 3. The van der Waals surface area contributed by atoms with Gasteiger partial charge in [-0.2, -0.15) is 20.6 Å². The van der Waals surface area contributed by atoms with E-state index < -0.39 is 15.6 Å². The second-order valence-corrected chi connectivity index (χ2v) is 5.53. The molecule has 1 aromatic rings. The first-order valence-electron chi connectivity index (χ1n) is 5.30. The van der Waals surface area contributed by atoms with Crippen LogP contribution in [-0.4, -0.2) is 22.2 Å². The maximum absolute atomic E-state index is 11.3. The zero-order chi connectivity index (χ0) is 18.4. The summed E-state index contributed by atoms with van der Waals surface area (Å²) in [6.07, 6.45) is 0. The summed E-state index contributed by atoms with van der Waals surface area (Å²) in [5, 5.41) is 2.95. The largest absolute Gasteiger partial charge is 0.822 e. The van der Waals surface area contributed by atoms with Gasteiger partial charge in [0.1, 0.15) is 0 Å². The number of fused-ring (bicyclic) bond motifs is 1. The van der Waals surface area contributed by atoms with Crippen LogP contribution in [0.3, 0.4) is 0 Å². The number of aromatic amines is 1. The Morgan fingerprint density at radius 2 is 1.52 bits per heavy atom. The maximum Gasteiger partial charge on any atom is 0.280 e. The molecule has 1 aliphatic rings. The summed E-state index contributed by atoms with van der Waals surface area (Å²) < 4.78 is 17.1. The zero-order valence-electron chi connectivity index (χ0n) is 11.2. The molecule has 16 heteroatoms. The third-order valence-electron chi connectivity index (χ3n) is 1.73. The molecule has 0 saturated carbocycles. The molecule has 2 rings (SSSR count). The van der Waals surface area contributed by atoms with Crippen LogP contribution >= 0.6 is 15.6 Å². The second-order valence-electron chi connectivity index (χ2n) is 3.74. The average molecular weight is 369 g/mol. The Kier molecular flexibility index (Phi) is 7.70. The highest BCUT2D eigenvalue weighted by Gasteiger charge is 2.13. The number of aromatic nitrogens is 2. The summed E-state index contributed by atoms with van der Waals surface area (Å²) in [4.78, 5) is 73.0. The van der Waals surface area contributed by atoms with Crippen molar-refractivity contribution in [3.8, 4) is 0 Å². The van der Waals surface area contributed by atoms with Crippen LogP contribution in [0.25, 0.3) is 0 Å². The summed E-state index contributed by atoms with van der Waals surface area (Å²) in [7, 11) is -10.8. The Morgan fingerprint density at radius 1 is 1.09 bits per heavy atom. The molecule has 2 heterocycles. The number of anilines is 2. The number of rotatable bonds is 0. The Bertz CT molecular complexity index is 683. The first kappa shape index (κ1) is 21.4. The summed E-state index contributed by atoms with van der Waals surface area (Å²) >= 11 is 0. The molecule has 0 aromatic carbocycles. The standard InChI is InChI=1S/C7H9N5O.2H3O4P/c1-3-2-9-5-4(10-3)6(13)12-7(8)11-5;2*1-5(2,3)4/h2H2,1H3,(H4,8,9,11,12,13);2*(H3,1,2,3,4)/p-6. The Balaban J connectivity index is 0.000000406. The number of phosphoric acid groups is 2. The topological polar surface area (TPSA) is 269 Å². The first-order chi connectivity index (χ1) is 10.2. The van der Waals surface area contributed by atoms with E-state index in [-0.39, 0.29) is 11.5 Å². The minimum atomic E-state index is -5.39. The average Bonchev–Trinajstić information content (AvgIpc) is 2.25. The fourth-order valence-corrected chi connectivity index (χ4v) is 1.15. The van der Waals surface area contributed by atoms with Gasteiger partial charge in [-0.05, 0) is 6.92 Å². The van der Waals surface area contributed by atoms with Crippen LogP contribution in [0.2, 0.25) is 0 Å². The molecule has 0 radical (unpaired) electrons. The maximum atomic E-state index is 11.3. The molecule has 132 valence electrons. The van der Waals surface area contributed by atoms with Crippen molar-refractivity contribution in [2.75, 3.05) is 17.6 Å². The van der Waals surface area contributed by atoms with Crippen molar-refractivity contribution >= 4 is 38.8 Å². The number of hydrogen-bond acceptors (Lipinski definition) is 13. The van der Waals surface area contributed by atoms with Gasteiger partial charge < -0.3 is 49.5 Å². The zero-order valence-corrected chi connectivity index (χ0v) is 13.0. The lowest BCUT2D eigenvalue weighted by Crippen LogP contribution is -2.24. The smallest absolute Gasteiger partial charge is 0.280 e. The van der Waals surface area contributed by atoms with E-state index in [0.717, 1.165) is 5.71 Å². The highest BCUT2D eigenvalue weighted by atomic mass is 31.2. The molecule has 23 heavy (non-hydrogen) atoms. The van der Waals surface area contributed by atoms with Crippen molar-refractivity contribution in [1.82, 2.24) is 9.97 Å². The molecule has 1 aromatic heterocycles. The molecule has 0 fully saturated rings. The van der Waals surface area contributed by atoms with Crippen molar-refractivity contribution < 1.29 is 38.5 Å². The molecule has 4 N–H and O–H groups in total. The van der Waals surface area contributed by atoms with Gasteiger partial charge in [0.05, 0.1) is 6.54 Å². The van der Waals surface area contributed by atoms with Gasteiger partial charge in [-0.3, -0.25) is 9.78 Å². The molecule has 0 aliphatic carbocycles. The van der Waals surface area contributed by atoms with E-state index in [1.165, 1.54) is 0 Å². The van der Waals surface area contributed by atoms with Crippen LogP contribution in [0.4, 0.5) is 17.5 Å². The van der Waals surface area contributed by atoms with Crippen molar-refractivity contribution in [1.29, 1.82) is 0 Å². The first-order valence-corrected chi connectivity index (χ1v) is 8.23. The highest BCUT2D eigenvalue weighted by Crippen LogP contribution is 2.20. The predicted octanol–water partition coefficient (Wildman–Crippen LogP) is -5.78. The van der Waals surface area contributed by atoms with Gasteiger partial charge in [-0.15, -0.1) is 0 Å². The molecule has 0 unspecified atom stereocenters. The van der Waals surface area contributed by atoms with Crippen LogP contribution in [0.15, 0.2) is 9.79 Å².